The first kappa shape index (κ1) is 14.8. The van der Waals surface area contributed by atoms with Gasteiger partial charge < -0.3 is 14.2 Å². The molecule has 4 nitrogen and oxygen atoms in total. The van der Waals surface area contributed by atoms with Crippen LogP contribution in [0.3, 0.4) is 0 Å². The smallest absolute Gasteiger partial charge is 0.399 e. The van der Waals surface area contributed by atoms with Gasteiger partial charge in [-0.25, -0.2) is 4.98 Å². The Morgan fingerprint density at radius 1 is 1.15 bits per heavy atom. The number of thiazole rings is 1. The highest BCUT2D eigenvalue weighted by molar-refractivity contribution is 9.10. The number of hydrogen-bond acceptors (Lipinski definition) is 5. The zero-order chi connectivity index (χ0) is 14.5. The van der Waals surface area contributed by atoms with Crippen molar-refractivity contribution >= 4 is 44.3 Å². The summed E-state index contributed by atoms with van der Waals surface area (Å²) < 4.78 is 14.1. The molecule has 7 heteroatoms. The molecule has 3 heterocycles. The van der Waals surface area contributed by atoms with Crippen LogP contribution in [-0.4, -0.2) is 36.4 Å². The molecule has 2 saturated heterocycles. The molecular weight excluding hydrogens is 339 g/mol. The van der Waals surface area contributed by atoms with Crippen LogP contribution >= 0.6 is 27.3 Å². The Kier molecular flexibility index (Phi) is 3.68. The summed E-state index contributed by atoms with van der Waals surface area (Å²) in [7, 11) is -0.330. The zero-order valence-corrected chi connectivity index (χ0v) is 14.8. The Bertz CT molecular complexity index is 498. The van der Waals surface area contributed by atoms with Crippen molar-refractivity contribution in [1.82, 2.24) is 4.98 Å². The molecule has 0 unspecified atom stereocenters. The van der Waals surface area contributed by atoms with E-state index in [0.717, 1.165) is 27.6 Å². The molecule has 0 saturated carbocycles. The first-order valence-electron chi connectivity index (χ1n) is 7.07. The number of rotatable bonds is 2. The second-order valence-electron chi connectivity index (χ2n) is 6.43. The van der Waals surface area contributed by atoms with Crippen molar-refractivity contribution in [2.24, 2.45) is 0 Å². The van der Waals surface area contributed by atoms with Gasteiger partial charge in [0, 0.05) is 13.1 Å². The van der Waals surface area contributed by atoms with E-state index in [4.69, 9.17) is 9.31 Å². The minimum atomic E-state index is -0.330. The molecule has 1 aromatic rings. The average molecular weight is 359 g/mol. The van der Waals surface area contributed by atoms with E-state index in [1.807, 2.05) is 0 Å². The first-order chi connectivity index (χ1) is 9.30. The van der Waals surface area contributed by atoms with Crippen molar-refractivity contribution in [3.05, 3.63) is 4.60 Å². The van der Waals surface area contributed by atoms with E-state index < -0.39 is 0 Å². The van der Waals surface area contributed by atoms with E-state index in [1.54, 1.807) is 11.3 Å². The second kappa shape index (κ2) is 4.97. The summed E-state index contributed by atoms with van der Waals surface area (Å²) in [6.45, 7) is 10.5. The van der Waals surface area contributed by atoms with Crippen LogP contribution < -0.4 is 9.68 Å². The van der Waals surface area contributed by atoms with Crippen LogP contribution in [0.5, 0.6) is 0 Å². The van der Waals surface area contributed by atoms with E-state index in [9.17, 15) is 0 Å². The van der Waals surface area contributed by atoms with E-state index >= 15 is 0 Å². The molecule has 0 amide bonds. The molecule has 20 heavy (non-hydrogen) atoms. The SMILES string of the molecule is CC1(C)OB(c2sc(N3CCCC3)nc2Br)OC1(C)C. The van der Waals surface area contributed by atoms with E-state index in [0.29, 0.717) is 0 Å². The van der Waals surface area contributed by atoms with Crippen LogP contribution in [0.25, 0.3) is 0 Å². The third-order valence-corrected chi connectivity index (χ3v) is 6.45. The minimum Gasteiger partial charge on any atom is -0.399 e. The fourth-order valence-electron chi connectivity index (χ4n) is 2.44. The third-order valence-electron chi connectivity index (χ3n) is 4.44. The molecule has 0 N–H and O–H groups in total. The number of hydrogen-bond donors (Lipinski definition) is 0. The molecular formula is C13H20BBrN2O2S. The number of anilines is 1. The summed E-state index contributed by atoms with van der Waals surface area (Å²) in [4.78, 5) is 6.97. The minimum absolute atomic E-state index is 0.311. The van der Waals surface area contributed by atoms with Gasteiger partial charge in [-0.15, -0.1) is 11.3 Å². The molecule has 2 aliphatic rings. The topological polar surface area (TPSA) is 34.6 Å². The van der Waals surface area contributed by atoms with Gasteiger partial charge >= 0.3 is 7.12 Å². The summed E-state index contributed by atoms with van der Waals surface area (Å²) in [5, 5.41) is 1.07. The first-order valence-corrected chi connectivity index (χ1v) is 8.68. The predicted octanol–water partition coefficient (Wildman–Crippen LogP) is 2.81. The van der Waals surface area contributed by atoms with Gasteiger partial charge in [0.1, 0.15) is 4.60 Å². The summed E-state index contributed by atoms with van der Waals surface area (Å²) in [5.41, 5.74) is -0.621. The van der Waals surface area contributed by atoms with E-state index in [-0.39, 0.29) is 18.3 Å². The normalized spacial score (nSPS) is 24.6. The highest BCUT2D eigenvalue weighted by atomic mass is 79.9. The van der Waals surface area contributed by atoms with E-state index in [1.165, 1.54) is 12.8 Å². The Hall–Kier alpha value is -0.105. The predicted molar refractivity (Wildman–Crippen MR) is 87.0 cm³/mol. The fourth-order valence-corrected chi connectivity index (χ4v) is 4.12. The van der Waals surface area contributed by atoms with Crippen molar-refractivity contribution in [1.29, 1.82) is 0 Å². The van der Waals surface area contributed by atoms with Gasteiger partial charge in [0.25, 0.3) is 0 Å². The fraction of sp³-hybridized carbons (Fsp3) is 0.769. The quantitative estimate of drug-likeness (QED) is 0.761. The van der Waals surface area contributed by atoms with Crippen LogP contribution in [0, 0.1) is 0 Å². The summed E-state index contributed by atoms with van der Waals surface area (Å²) in [6, 6.07) is 0. The molecule has 0 radical (unpaired) electrons. The number of nitrogens with zero attached hydrogens (tertiary/aromatic N) is 2. The number of halogens is 1. The molecule has 2 fully saturated rings. The Morgan fingerprint density at radius 3 is 2.25 bits per heavy atom. The van der Waals surface area contributed by atoms with Crippen molar-refractivity contribution in [2.75, 3.05) is 18.0 Å². The van der Waals surface area contributed by atoms with Crippen LogP contribution in [-0.2, 0) is 9.31 Å². The molecule has 0 atom stereocenters. The Balaban J connectivity index is 1.85. The summed E-state index contributed by atoms with van der Waals surface area (Å²) >= 11 is 5.24. The van der Waals surface area contributed by atoms with Crippen molar-refractivity contribution < 1.29 is 9.31 Å². The van der Waals surface area contributed by atoms with Gasteiger partial charge in [-0.2, -0.15) is 0 Å². The van der Waals surface area contributed by atoms with Crippen LogP contribution in [0.2, 0.25) is 0 Å². The van der Waals surface area contributed by atoms with Gasteiger partial charge in [-0.05, 0) is 56.5 Å². The largest absolute Gasteiger partial charge is 0.508 e. The molecule has 2 aliphatic heterocycles. The lowest BCUT2D eigenvalue weighted by molar-refractivity contribution is 0.00578. The maximum absolute atomic E-state index is 6.11. The van der Waals surface area contributed by atoms with Crippen LogP contribution in [0.15, 0.2) is 4.60 Å². The summed E-state index contributed by atoms with van der Waals surface area (Å²) in [5.74, 6) is 0. The van der Waals surface area contributed by atoms with Gasteiger partial charge in [0.05, 0.1) is 16.0 Å². The van der Waals surface area contributed by atoms with Gasteiger partial charge in [-0.3, -0.25) is 0 Å². The Morgan fingerprint density at radius 2 is 1.70 bits per heavy atom. The van der Waals surface area contributed by atoms with Crippen molar-refractivity contribution in [3.63, 3.8) is 0 Å². The molecule has 0 aliphatic carbocycles. The monoisotopic (exact) mass is 358 g/mol. The highest BCUT2D eigenvalue weighted by Gasteiger charge is 2.53. The van der Waals surface area contributed by atoms with Gasteiger partial charge in [0.2, 0.25) is 0 Å². The Labute approximate surface area is 133 Å². The number of aromatic nitrogens is 1. The van der Waals surface area contributed by atoms with Crippen molar-refractivity contribution in [3.8, 4) is 0 Å². The third kappa shape index (κ3) is 2.43. The lowest BCUT2D eigenvalue weighted by atomic mass is 9.89. The summed E-state index contributed by atoms with van der Waals surface area (Å²) in [6.07, 6.45) is 2.51. The van der Waals surface area contributed by atoms with E-state index in [2.05, 4.69) is 53.5 Å². The van der Waals surface area contributed by atoms with Crippen LogP contribution in [0.4, 0.5) is 5.13 Å². The zero-order valence-electron chi connectivity index (χ0n) is 12.4. The molecule has 1 aromatic heterocycles. The lowest BCUT2D eigenvalue weighted by Gasteiger charge is -2.32. The maximum Gasteiger partial charge on any atom is 0.508 e. The van der Waals surface area contributed by atoms with Crippen LogP contribution in [0.1, 0.15) is 40.5 Å². The molecule has 0 bridgehead atoms. The molecule has 3 rings (SSSR count). The molecule has 0 spiro atoms. The molecule has 110 valence electrons. The maximum atomic E-state index is 6.11. The van der Waals surface area contributed by atoms with Crippen molar-refractivity contribution in [2.45, 2.75) is 51.7 Å². The lowest BCUT2D eigenvalue weighted by Crippen LogP contribution is -2.41. The highest BCUT2D eigenvalue weighted by Crippen LogP contribution is 2.38. The second-order valence-corrected chi connectivity index (χ2v) is 8.19. The standard InChI is InChI=1S/C13H20BBrN2O2S/c1-12(2)13(3,4)19-14(18-12)9-10(15)16-11(20-9)17-7-5-6-8-17/h5-8H2,1-4H3. The van der Waals surface area contributed by atoms with Gasteiger partial charge in [-0.1, -0.05) is 0 Å². The molecule has 0 aromatic carbocycles. The average Bonchev–Trinajstić information content (AvgIpc) is 2.98. The van der Waals surface area contributed by atoms with Gasteiger partial charge in [0.15, 0.2) is 5.13 Å².